The molecule has 21 heavy (non-hydrogen) atoms. The minimum Gasteiger partial charge on any atom is -0.480 e. The van der Waals surface area contributed by atoms with Crippen molar-refractivity contribution in [1.82, 2.24) is 9.80 Å². The summed E-state index contributed by atoms with van der Waals surface area (Å²) in [6, 6.07) is 0.203. The van der Waals surface area contributed by atoms with Crippen LogP contribution in [0.2, 0.25) is 0 Å². The van der Waals surface area contributed by atoms with Crippen LogP contribution in [0, 0.1) is 5.92 Å². The van der Waals surface area contributed by atoms with Crippen molar-refractivity contribution in [2.75, 3.05) is 26.7 Å². The van der Waals surface area contributed by atoms with Crippen LogP contribution in [0.1, 0.15) is 32.6 Å². The predicted molar refractivity (Wildman–Crippen MR) is 77.5 cm³/mol. The van der Waals surface area contributed by atoms with Crippen LogP contribution in [0.25, 0.3) is 0 Å². The Bertz CT molecular complexity index is 376. The summed E-state index contributed by atoms with van der Waals surface area (Å²) in [5.74, 6) is -1.20. The van der Waals surface area contributed by atoms with Crippen LogP contribution in [0.3, 0.4) is 0 Å². The van der Waals surface area contributed by atoms with E-state index in [0.717, 1.165) is 25.7 Å². The lowest BCUT2D eigenvalue weighted by Gasteiger charge is -2.34. The van der Waals surface area contributed by atoms with E-state index >= 15 is 0 Å². The number of nitrogens with zero attached hydrogens (tertiary/aromatic N) is 2. The molecule has 7 heteroatoms. The molecule has 0 aromatic rings. The number of nitrogens with two attached hydrogens (primary N) is 1. The minimum atomic E-state index is -1.09. The number of carboxylic acid groups (broad SMARTS) is 1. The van der Waals surface area contributed by atoms with Gasteiger partial charge in [0.25, 0.3) is 0 Å². The average Bonchev–Trinajstić information content (AvgIpc) is 2.37. The molecule has 0 radical (unpaired) electrons. The molecule has 0 saturated heterocycles. The van der Waals surface area contributed by atoms with E-state index < -0.39 is 11.9 Å². The first-order valence-electron chi connectivity index (χ1n) is 7.27. The second-order valence-corrected chi connectivity index (χ2v) is 5.92. The van der Waals surface area contributed by atoms with Gasteiger partial charge in [-0.25, -0.2) is 0 Å². The maximum Gasteiger partial charge on any atom is 0.317 e. The number of likely N-dealkylation sites (N-methyl/N-ethyl adjacent to an activating group) is 1. The second kappa shape index (κ2) is 7.97. The summed E-state index contributed by atoms with van der Waals surface area (Å²) in [5.41, 5.74) is 5.08. The lowest BCUT2D eigenvalue weighted by Crippen LogP contribution is -2.47. The van der Waals surface area contributed by atoms with Crippen LogP contribution in [0.4, 0.5) is 0 Å². The topological polar surface area (TPSA) is 104 Å². The number of aliphatic carboxylic acids is 1. The highest BCUT2D eigenvalue weighted by atomic mass is 16.4. The predicted octanol–water partition coefficient (Wildman–Crippen LogP) is -0.105. The van der Waals surface area contributed by atoms with Gasteiger partial charge < -0.3 is 15.7 Å². The van der Waals surface area contributed by atoms with E-state index in [1.807, 2.05) is 0 Å². The molecule has 1 fully saturated rings. The molecule has 0 heterocycles. The third-order valence-corrected chi connectivity index (χ3v) is 4.02. The molecule has 1 aliphatic rings. The fourth-order valence-corrected chi connectivity index (χ4v) is 2.72. The van der Waals surface area contributed by atoms with Crippen LogP contribution < -0.4 is 5.73 Å². The van der Waals surface area contributed by atoms with Crippen molar-refractivity contribution in [3.63, 3.8) is 0 Å². The molecule has 0 spiro atoms. The summed E-state index contributed by atoms with van der Waals surface area (Å²) >= 11 is 0. The Morgan fingerprint density at radius 2 is 1.67 bits per heavy atom. The normalized spacial score (nSPS) is 22.0. The van der Waals surface area contributed by atoms with Crippen LogP contribution in [-0.4, -0.2) is 65.4 Å². The summed E-state index contributed by atoms with van der Waals surface area (Å²) < 4.78 is 0. The van der Waals surface area contributed by atoms with E-state index in [2.05, 4.69) is 6.92 Å². The molecule has 1 rings (SSSR count). The van der Waals surface area contributed by atoms with Crippen molar-refractivity contribution in [3.05, 3.63) is 0 Å². The average molecular weight is 299 g/mol. The molecule has 0 unspecified atom stereocenters. The number of carboxylic acids is 1. The molecule has 120 valence electrons. The van der Waals surface area contributed by atoms with Gasteiger partial charge in [0.1, 0.15) is 0 Å². The van der Waals surface area contributed by atoms with E-state index in [1.54, 1.807) is 11.9 Å². The van der Waals surface area contributed by atoms with Gasteiger partial charge in [-0.1, -0.05) is 6.92 Å². The second-order valence-electron chi connectivity index (χ2n) is 5.92. The molecule has 3 N–H and O–H groups in total. The zero-order valence-corrected chi connectivity index (χ0v) is 12.7. The lowest BCUT2D eigenvalue weighted by molar-refractivity contribution is -0.140. The van der Waals surface area contributed by atoms with Crippen molar-refractivity contribution in [3.8, 4) is 0 Å². The summed E-state index contributed by atoms with van der Waals surface area (Å²) in [7, 11) is 1.74. The van der Waals surface area contributed by atoms with E-state index in [1.165, 1.54) is 4.90 Å². The molecule has 0 bridgehead atoms. The van der Waals surface area contributed by atoms with Gasteiger partial charge in [0.05, 0.1) is 19.6 Å². The summed E-state index contributed by atoms with van der Waals surface area (Å²) in [5, 5.41) is 8.81. The van der Waals surface area contributed by atoms with Gasteiger partial charge >= 0.3 is 5.97 Å². The number of amides is 2. The maximum absolute atomic E-state index is 12.2. The third-order valence-electron chi connectivity index (χ3n) is 4.02. The van der Waals surface area contributed by atoms with Crippen LogP contribution in [0.5, 0.6) is 0 Å². The number of rotatable bonds is 7. The lowest BCUT2D eigenvalue weighted by atomic mass is 9.87. The first-order valence-corrected chi connectivity index (χ1v) is 7.27. The van der Waals surface area contributed by atoms with Crippen LogP contribution in [0.15, 0.2) is 0 Å². The first-order chi connectivity index (χ1) is 9.79. The number of primary amides is 1. The van der Waals surface area contributed by atoms with Gasteiger partial charge in [0.15, 0.2) is 0 Å². The Hall–Kier alpha value is -1.63. The zero-order chi connectivity index (χ0) is 16.0. The van der Waals surface area contributed by atoms with Gasteiger partial charge in [0.2, 0.25) is 11.8 Å². The highest BCUT2D eigenvalue weighted by Gasteiger charge is 2.26. The third kappa shape index (κ3) is 6.12. The quantitative estimate of drug-likeness (QED) is 0.683. The Morgan fingerprint density at radius 3 is 2.14 bits per heavy atom. The smallest absolute Gasteiger partial charge is 0.317 e. The largest absolute Gasteiger partial charge is 0.480 e. The number of hydrogen-bond donors (Lipinski definition) is 2. The molecule has 0 aromatic carbocycles. The summed E-state index contributed by atoms with van der Waals surface area (Å²) in [6.45, 7) is 1.51. The molecule has 0 aromatic heterocycles. The Labute approximate surface area is 125 Å². The van der Waals surface area contributed by atoms with Gasteiger partial charge in [-0.3, -0.25) is 19.3 Å². The number of hydrogen-bond acceptors (Lipinski definition) is 4. The van der Waals surface area contributed by atoms with Crippen molar-refractivity contribution in [1.29, 1.82) is 0 Å². The van der Waals surface area contributed by atoms with E-state index in [-0.39, 0.29) is 31.6 Å². The van der Waals surface area contributed by atoms with Gasteiger partial charge in [-0.05, 0) is 31.6 Å². The Balaban J connectivity index is 2.54. The highest BCUT2D eigenvalue weighted by molar-refractivity contribution is 5.81. The van der Waals surface area contributed by atoms with E-state index in [0.29, 0.717) is 5.92 Å². The Morgan fingerprint density at radius 1 is 1.10 bits per heavy atom. The molecule has 0 atom stereocenters. The zero-order valence-electron chi connectivity index (χ0n) is 12.7. The Kier molecular flexibility index (Phi) is 6.61. The first kappa shape index (κ1) is 17.4. The molecule has 0 aliphatic heterocycles. The molecule has 1 saturated carbocycles. The van der Waals surface area contributed by atoms with Crippen molar-refractivity contribution in [2.45, 2.75) is 38.6 Å². The number of carbonyl (C=O) groups excluding carboxylic acids is 2. The van der Waals surface area contributed by atoms with Gasteiger partial charge in [-0.15, -0.1) is 0 Å². The fraction of sp³-hybridized carbons (Fsp3) is 0.786. The molecular formula is C14H25N3O4. The minimum absolute atomic E-state index is 0.0994. The fourth-order valence-electron chi connectivity index (χ4n) is 2.72. The molecule has 2 amide bonds. The monoisotopic (exact) mass is 299 g/mol. The molecule has 7 nitrogen and oxygen atoms in total. The maximum atomic E-state index is 12.2. The van der Waals surface area contributed by atoms with E-state index in [4.69, 9.17) is 10.8 Å². The molecule has 1 aliphatic carbocycles. The van der Waals surface area contributed by atoms with Gasteiger partial charge in [-0.2, -0.15) is 0 Å². The number of carbonyl (C=O) groups is 3. The van der Waals surface area contributed by atoms with Gasteiger partial charge in [0, 0.05) is 13.1 Å². The van der Waals surface area contributed by atoms with E-state index in [9.17, 15) is 14.4 Å². The van der Waals surface area contributed by atoms with Crippen molar-refractivity contribution >= 4 is 17.8 Å². The summed E-state index contributed by atoms with van der Waals surface area (Å²) in [4.78, 5) is 36.9. The molecular weight excluding hydrogens is 274 g/mol. The van der Waals surface area contributed by atoms with Crippen LogP contribution >= 0.6 is 0 Å². The SMILES string of the molecule is CC1CCC(N(C)C(=O)CN(CC(N)=O)CC(=O)O)CC1. The van der Waals surface area contributed by atoms with Crippen molar-refractivity contribution < 1.29 is 19.5 Å². The van der Waals surface area contributed by atoms with Crippen molar-refractivity contribution in [2.24, 2.45) is 11.7 Å². The summed E-state index contributed by atoms with van der Waals surface area (Å²) in [6.07, 6.45) is 4.14. The standard InChI is InChI=1S/C14H25N3O4/c1-10-3-5-11(6-4-10)16(2)13(19)8-17(7-12(15)18)9-14(20)21/h10-11H,3-9H2,1-2H3,(H2,15,18)(H,20,21). The highest BCUT2D eigenvalue weighted by Crippen LogP contribution is 2.26. The van der Waals surface area contributed by atoms with Crippen LogP contribution in [-0.2, 0) is 14.4 Å².